The second-order valence-corrected chi connectivity index (χ2v) is 9.50. The molecule has 0 unspecified atom stereocenters. The molecular formula is C27H37N3O. The quantitative estimate of drug-likeness (QED) is 0.705. The number of hydrogen-bond donors (Lipinski definition) is 1. The first-order chi connectivity index (χ1) is 15.2. The van der Waals surface area contributed by atoms with Crippen molar-refractivity contribution in [2.45, 2.75) is 39.2 Å². The van der Waals surface area contributed by atoms with Crippen LogP contribution in [0.3, 0.4) is 0 Å². The molecular weight excluding hydrogens is 382 g/mol. The van der Waals surface area contributed by atoms with Crippen molar-refractivity contribution in [2.24, 2.45) is 11.8 Å². The molecule has 1 N–H and O–H groups in total. The maximum absolute atomic E-state index is 13.1. The molecule has 0 aromatic heterocycles. The fraction of sp³-hybridized carbons (Fsp3) is 0.519. The van der Waals surface area contributed by atoms with Gasteiger partial charge >= 0.3 is 0 Å². The first-order valence-corrected chi connectivity index (χ1v) is 12.0. The molecule has 2 aromatic carbocycles. The lowest BCUT2D eigenvalue weighted by atomic mass is 9.87. The van der Waals surface area contributed by atoms with Crippen LogP contribution in [-0.2, 0) is 17.8 Å². The minimum atomic E-state index is 0.0857. The summed E-state index contributed by atoms with van der Waals surface area (Å²) in [6.07, 6.45) is 4.71. The van der Waals surface area contributed by atoms with Crippen LogP contribution in [0.5, 0.6) is 0 Å². The molecule has 4 rings (SSSR count). The fourth-order valence-electron chi connectivity index (χ4n) is 5.11. The van der Waals surface area contributed by atoms with Gasteiger partial charge in [-0.15, -0.1) is 0 Å². The fourth-order valence-corrected chi connectivity index (χ4v) is 5.11. The van der Waals surface area contributed by atoms with Gasteiger partial charge in [-0.1, -0.05) is 60.2 Å². The van der Waals surface area contributed by atoms with Gasteiger partial charge in [0, 0.05) is 32.7 Å². The first kappa shape index (κ1) is 22.0. The Balaban J connectivity index is 1.35. The third kappa shape index (κ3) is 6.65. The molecule has 166 valence electrons. The van der Waals surface area contributed by atoms with Crippen molar-refractivity contribution in [3.8, 4) is 0 Å². The summed E-state index contributed by atoms with van der Waals surface area (Å²) in [7, 11) is 0. The Morgan fingerprint density at radius 1 is 0.935 bits per heavy atom. The van der Waals surface area contributed by atoms with E-state index < -0.39 is 0 Å². The van der Waals surface area contributed by atoms with E-state index in [0.717, 1.165) is 39.0 Å². The Bertz CT molecular complexity index is 814. The Hall–Kier alpha value is -2.17. The minimum absolute atomic E-state index is 0.0857. The summed E-state index contributed by atoms with van der Waals surface area (Å²) in [6, 6.07) is 19.2. The van der Waals surface area contributed by atoms with Gasteiger partial charge in [0.05, 0.1) is 5.92 Å². The zero-order chi connectivity index (χ0) is 21.5. The highest BCUT2D eigenvalue weighted by Gasteiger charge is 2.32. The normalized spacial score (nSPS) is 22.5. The van der Waals surface area contributed by atoms with Crippen LogP contribution < -0.4 is 5.32 Å². The minimum Gasteiger partial charge on any atom is -0.352 e. The SMILES string of the molecule is Cc1ccc(CNC(=O)[C@@H]2C[C@H](CN3CCCC3)CN(CCc3ccccc3)C2)cc1. The van der Waals surface area contributed by atoms with E-state index in [2.05, 4.69) is 76.6 Å². The average Bonchev–Trinajstić information content (AvgIpc) is 3.31. The highest BCUT2D eigenvalue weighted by atomic mass is 16.1. The Kier molecular flexibility index (Phi) is 7.76. The van der Waals surface area contributed by atoms with E-state index in [0.29, 0.717) is 12.5 Å². The average molecular weight is 420 g/mol. The molecule has 1 amide bonds. The van der Waals surface area contributed by atoms with Gasteiger partial charge in [-0.05, 0) is 62.7 Å². The zero-order valence-corrected chi connectivity index (χ0v) is 18.9. The predicted octanol–water partition coefficient (Wildman–Crippen LogP) is 3.89. The van der Waals surface area contributed by atoms with Crippen molar-refractivity contribution in [2.75, 3.05) is 39.3 Å². The van der Waals surface area contributed by atoms with Crippen LogP contribution in [0.2, 0.25) is 0 Å². The molecule has 4 nitrogen and oxygen atoms in total. The van der Waals surface area contributed by atoms with E-state index in [1.165, 1.54) is 42.6 Å². The number of amides is 1. The molecule has 0 saturated carbocycles. The molecule has 2 aromatic rings. The largest absolute Gasteiger partial charge is 0.352 e. The van der Waals surface area contributed by atoms with Gasteiger partial charge in [0.15, 0.2) is 0 Å². The topological polar surface area (TPSA) is 35.6 Å². The van der Waals surface area contributed by atoms with Gasteiger partial charge < -0.3 is 15.1 Å². The van der Waals surface area contributed by atoms with Crippen LogP contribution in [0.1, 0.15) is 36.0 Å². The van der Waals surface area contributed by atoms with Crippen molar-refractivity contribution < 1.29 is 4.79 Å². The van der Waals surface area contributed by atoms with Crippen LogP contribution in [-0.4, -0.2) is 55.0 Å². The van der Waals surface area contributed by atoms with Gasteiger partial charge in [-0.25, -0.2) is 0 Å². The summed E-state index contributed by atoms with van der Waals surface area (Å²) in [5.41, 5.74) is 3.80. The van der Waals surface area contributed by atoms with Crippen molar-refractivity contribution in [1.29, 1.82) is 0 Å². The Morgan fingerprint density at radius 3 is 2.42 bits per heavy atom. The summed E-state index contributed by atoms with van der Waals surface area (Å²) < 4.78 is 0. The van der Waals surface area contributed by atoms with E-state index in [1.807, 2.05) is 0 Å². The van der Waals surface area contributed by atoms with Gasteiger partial charge in [0.1, 0.15) is 0 Å². The highest BCUT2D eigenvalue weighted by Crippen LogP contribution is 2.25. The molecule has 0 spiro atoms. The molecule has 0 radical (unpaired) electrons. The summed E-state index contributed by atoms with van der Waals surface area (Å²) in [4.78, 5) is 18.2. The monoisotopic (exact) mass is 419 g/mol. The molecule has 0 bridgehead atoms. The lowest BCUT2D eigenvalue weighted by Crippen LogP contribution is -2.49. The van der Waals surface area contributed by atoms with Crippen LogP contribution in [0.4, 0.5) is 0 Å². The second kappa shape index (κ2) is 10.9. The maximum Gasteiger partial charge on any atom is 0.224 e. The third-order valence-electron chi connectivity index (χ3n) is 6.85. The Morgan fingerprint density at radius 2 is 1.68 bits per heavy atom. The molecule has 2 saturated heterocycles. The molecule has 2 heterocycles. The van der Waals surface area contributed by atoms with Crippen molar-refractivity contribution in [3.63, 3.8) is 0 Å². The van der Waals surface area contributed by atoms with Crippen molar-refractivity contribution in [1.82, 2.24) is 15.1 Å². The number of rotatable bonds is 8. The predicted molar refractivity (Wildman–Crippen MR) is 127 cm³/mol. The summed E-state index contributed by atoms with van der Waals surface area (Å²) in [5.74, 6) is 0.886. The van der Waals surface area contributed by atoms with Crippen LogP contribution in [0, 0.1) is 18.8 Å². The number of likely N-dealkylation sites (tertiary alicyclic amines) is 2. The van der Waals surface area contributed by atoms with Crippen molar-refractivity contribution in [3.05, 3.63) is 71.3 Å². The number of nitrogens with one attached hydrogen (secondary N) is 1. The lowest BCUT2D eigenvalue weighted by Gasteiger charge is -2.38. The first-order valence-electron chi connectivity index (χ1n) is 12.0. The summed E-state index contributed by atoms with van der Waals surface area (Å²) in [6.45, 7) is 9.33. The van der Waals surface area contributed by atoms with Crippen molar-refractivity contribution >= 4 is 5.91 Å². The van der Waals surface area contributed by atoms with Gasteiger partial charge in [-0.3, -0.25) is 4.79 Å². The molecule has 2 fully saturated rings. The highest BCUT2D eigenvalue weighted by molar-refractivity contribution is 5.79. The number of hydrogen-bond acceptors (Lipinski definition) is 3. The molecule has 2 aliphatic rings. The molecule has 2 atom stereocenters. The van der Waals surface area contributed by atoms with Gasteiger partial charge in [0.25, 0.3) is 0 Å². The van der Waals surface area contributed by atoms with E-state index >= 15 is 0 Å². The molecule has 2 aliphatic heterocycles. The second-order valence-electron chi connectivity index (χ2n) is 9.50. The van der Waals surface area contributed by atoms with Gasteiger partial charge in [-0.2, -0.15) is 0 Å². The lowest BCUT2D eigenvalue weighted by molar-refractivity contribution is -0.127. The third-order valence-corrected chi connectivity index (χ3v) is 6.85. The van der Waals surface area contributed by atoms with Crippen LogP contribution >= 0.6 is 0 Å². The van der Waals surface area contributed by atoms with E-state index in [9.17, 15) is 4.79 Å². The zero-order valence-electron chi connectivity index (χ0n) is 18.9. The van der Waals surface area contributed by atoms with Crippen LogP contribution in [0.25, 0.3) is 0 Å². The smallest absolute Gasteiger partial charge is 0.224 e. The van der Waals surface area contributed by atoms with E-state index in [-0.39, 0.29) is 11.8 Å². The summed E-state index contributed by atoms with van der Waals surface area (Å²) in [5, 5.41) is 3.22. The number of nitrogens with zero attached hydrogens (tertiary/aromatic N) is 2. The Labute approximate surface area is 187 Å². The van der Waals surface area contributed by atoms with E-state index in [1.54, 1.807) is 0 Å². The van der Waals surface area contributed by atoms with E-state index in [4.69, 9.17) is 0 Å². The number of benzene rings is 2. The standard InChI is InChI=1S/C27H37N3O/c1-22-9-11-24(12-10-22)18-28-27(31)26-17-25(19-29-14-5-6-15-29)20-30(21-26)16-13-23-7-3-2-4-8-23/h2-4,7-12,25-26H,5-6,13-21H2,1H3,(H,28,31)/t25-,26-/m1/s1. The molecule has 31 heavy (non-hydrogen) atoms. The molecule has 4 heteroatoms. The van der Waals surface area contributed by atoms with Gasteiger partial charge in [0.2, 0.25) is 5.91 Å². The number of piperidine rings is 1. The molecule has 0 aliphatic carbocycles. The maximum atomic E-state index is 13.1. The number of aryl methyl sites for hydroxylation is 1. The number of carbonyl (C=O) groups is 1. The summed E-state index contributed by atoms with van der Waals surface area (Å²) >= 11 is 0. The van der Waals surface area contributed by atoms with Crippen LogP contribution in [0.15, 0.2) is 54.6 Å². The number of carbonyl (C=O) groups excluding carboxylic acids is 1.